The summed E-state index contributed by atoms with van der Waals surface area (Å²) in [5.41, 5.74) is 0.133. The summed E-state index contributed by atoms with van der Waals surface area (Å²) in [5.74, 6) is -0.686. The Bertz CT molecular complexity index is 692. The number of ether oxygens (including phenoxy) is 1. The highest BCUT2D eigenvalue weighted by atomic mass is 16.5. The number of hydrogen-bond acceptors (Lipinski definition) is 6. The van der Waals surface area contributed by atoms with Crippen molar-refractivity contribution in [2.45, 2.75) is 6.92 Å². The highest BCUT2D eigenvalue weighted by Gasteiger charge is 2.15. The van der Waals surface area contributed by atoms with Gasteiger partial charge in [0.2, 0.25) is 0 Å². The number of carbonyl (C=O) groups is 1. The van der Waals surface area contributed by atoms with E-state index in [9.17, 15) is 15.1 Å². The van der Waals surface area contributed by atoms with Crippen molar-refractivity contribution >= 4 is 5.97 Å². The molecular weight excluding hydrogens is 262 g/mol. The molecule has 0 bridgehead atoms. The molecular formula is C13H13N3O4. The van der Waals surface area contributed by atoms with E-state index in [0.717, 1.165) is 0 Å². The first-order valence-electron chi connectivity index (χ1n) is 5.87. The molecule has 0 saturated heterocycles. The van der Waals surface area contributed by atoms with E-state index in [4.69, 9.17) is 10.1 Å². The Morgan fingerprint density at radius 2 is 2.05 bits per heavy atom. The predicted octanol–water partition coefficient (Wildman–Crippen LogP) is 1.15. The molecule has 1 aromatic heterocycles. The van der Waals surface area contributed by atoms with Crippen molar-refractivity contribution in [3.63, 3.8) is 0 Å². The first-order chi connectivity index (χ1) is 9.52. The number of nitrogens with one attached hydrogen (secondary N) is 1. The lowest BCUT2D eigenvalue weighted by Crippen LogP contribution is -2.28. The van der Waals surface area contributed by atoms with Gasteiger partial charge >= 0.3 is 5.97 Å². The first kappa shape index (κ1) is 13.6. The molecule has 20 heavy (non-hydrogen) atoms. The third-order valence-electron chi connectivity index (χ3n) is 2.56. The zero-order chi connectivity index (χ0) is 14.7. The van der Waals surface area contributed by atoms with E-state index in [0.29, 0.717) is 10.3 Å². The van der Waals surface area contributed by atoms with Crippen molar-refractivity contribution in [3.8, 4) is 17.0 Å². The fourth-order valence-electron chi connectivity index (χ4n) is 1.60. The monoisotopic (exact) mass is 275 g/mol. The van der Waals surface area contributed by atoms with Crippen LogP contribution in [0.25, 0.3) is 11.3 Å². The van der Waals surface area contributed by atoms with Gasteiger partial charge in [-0.1, -0.05) is 0 Å². The molecule has 2 rings (SSSR count). The largest absolute Gasteiger partial charge is 0.508 e. The number of phenols is 1. The van der Waals surface area contributed by atoms with Crippen LogP contribution in [0.2, 0.25) is 0 Å². The summed E-state index contributed by atoms with van der Waals surface area (Å²) in [6.07, 6.45) is 1.21. The van der Waals surface area contributed by atoms with Crippen molar-refractivity contribution in [2.75, 3.05) is 6.61 Å². The van der Waals surface area contributed by atoms with Gasteiger partial charge in [0.15, 0.2) is 11.2 Å². The van der Waals surface area contributed by atoms with Gasteiger partial charge < -0.3 is 15.1 Å². The molecule has 2 aromatic rings. The molecule has 0 aliphatic rings. The number of benzene rings is 1. The normalized spacial score (nSPS) is 10.2. The maximum Gasteiger partial charge on any atom is 0.360 e. The molecule has 0 radical (unpaired) electrons. The van der Waals surface area contributed by atoms with Gasteiger partial charge in [-0.25, -0.2) is 9.78 Å². The van der Waals surface area contributed by atoms with Crippen molar-refractivity contribution in [3.05, 3.63) is 41.6 Å². The molecule has 104 valence electrons. The molecule has 3 N–H and O–H groups in total. The second kappa shape index (κ2) is 5.43. The summed E-state index contributed by atoms with van der Waals surface area (Å²) in [4.78, 5) is 15.7. The minimum absolute atomic E-state index is 0.0911. The van der Waals surface area contributed by atoms with E-state index in [1.54, 1.807) is 19.1 Å². The van der Waals surface area contributed by atoms with E-state index < -0.39 is 11.5 Å². The van der Waals surface area contributed by atoms with Crippen LogP contribution in [0.5, 0.6) is 5.75 Å². The highest BCUT2D eigenvalue weighted by Crippen LogP contribution is 2.19. The maximum atomic E-state index is 11.7. The molecule has 1 aromatic carbocycles. The Kier molecular flexibility index (Phi) is 3.69. The zero-order valence-corrected chi connectivity index (χ0v) is 10.7. The van der Waals surface area contributed by atoms with Crippen LogP contribution >= 0.6 is 0 Å². The van der Waals surface area contributed by atoms with Crippen molar-refractivity contribution < 1.29 is 19.8 Å². The number of esters is 1. The van der Waals surface area contributed by atoms with E-state index in [2.05, 4.69) is 4.98 Å². The quantitative estimate of drug-likeness (QED) is 0.575. The standard InChI is InChI=1S/C13H13N3O4/c1-2-20-13(18)11-12(14)16(19)7-10(15-11)8-3-5-9(17)6-4-8/h3-7,14,17,19H,2H2,1H3. The Morgan fingerprint density at radius 1 is 1.40 bits per heavy atom. The summed E-state index contributed by atoms with van der Waals surface area (Å²) in [5, 5.41) is 26.5. The van der Waals surface area contributed by atoms with Crippen LogP contribution in [0.4, 0.5) is 0 Å². The molecule has 0 unspecified atom stereocenters. The number of hydrogen-bond donors (Lipinski definition) is 3. The smallest absolute Gasteiger partial charge is 0.360 e. The van der Waals surface area contributed by atoms with Crippen LogP contribution < -0.4 is 5.49 Å². The summed E-state index contributed by atoms with van der Waals surface area (Å²) >= 11 is 0. The Hall–Kier alpha value is -2.83. The van der Waals surface area contributed by atoms with E-state index in [1.165, 1.54) is 18.3 Å². The van der Waals surface area contributed by atoms with Crippen molar-refractivity contribution in [1.29, 1.82) is 5.41 Å². The number of aromatic nitrogens is 2. The fraction of sp³-hybridized carbons (Fsp3) is 0.154. The van der Waals surface area contributed by atoms with E-state index in [1.807, 2.05) is 0 Å². The molecule has 0 aliphatic carbocycles. The third kappa shape index (κ3) is 2.61. The van der Waals surface area contributed by atoms with E-state index in [-0.39, 0.29) is 23.7 Å². The SMILES string of the molecule is CCOC(=O)c1nc(-c2ccc(O)cc2)cn(O)c1=N. The second-order valence-corrected chi connectivity index (χ2v) is 3.94. The van der Waals surface area contributed by atoms with Crippen LogP contribution in [0.1, 0.15) is 17.4 Å². The minimum Gasteiger partial charge on any atom is -0.508 e. The maximum absolute atomic E-state index is 11.7. The molecule has 0 atom stereocenters. The van der Waals surface area contributed by atoms with Crippen LogP contribution in [-0.2, 0) is 4.74 Å². The van der Waals surface area contributed by atoms with Gasteiger partial charge in [-0.2, -0.15) is 4.73 Å². The van der Waals surface area contributed by atoms with Gasteiger partial charge in [0.05, 0.1) is 18.5 Å². The summed E-state index contributed by atoms with van der Waals surface area (Å²) < 4.78 is 5.29. The lowest BCUT2D eigenvalue weighted by atomic mass is 10.1. The van der Waals surface area contributed by atoms with Gasteiger partial charge in [0, 0.05) is 5.56 Å². The van der Waals surface area contributed by atoms with Crippen molar-refractivity contribution in [1.82, 2.24) is 9.71 Å². The van der Waals surface area contributed by atoms with Gasteiger partial charge in [0.1, 0.15) is 5.75 Å². The Morgan fingerprint density at radius 3 is 2.65 bits per heavy atom. The number of carbonyl (C=O) groups excluding carboxylic acids is 1. The minimum atomic E-state index is -0.777. The molecule has 0 saturated carbocycles. The number of aromatic hydroxyl groups is 1. The summed E-state index contributed by atoms with van der Waals surface area (Å²) in [7, 11) is 0. The summed E-state index contributed by atoms with van der Waals surface area (Å²) in [6, 6.07) is 6.07. The molecule has 1 heterocycles. The van der Waals surface area contributed by atoms with Gasteiger partial charge in [-0.15, -0.1) is 0 Å². The fourth-order valence-corrected chi connectivity index (χ4v) is 1.60. The van der Waals surface area contributed by atoms with Gasteiger partial charge in [0.25, 0.3) is 0 Å². The Labute approximate surface area is 114 Å². The average molecular weight is 275 g/mol. The second-order valence-electron chi connectivity index (χ2n) is 3.94. The number of phenolic OH excluding ortho intramolecular Hbond substituents is 1. The van der Waals surface area contributed by atoms with Crippen LogP contribution in [0.15, 0.2) is 30.5 Å². The molecule has 7 nitrogen and oxygen atoms in total. The van der Waals surface area contributed by atoms with Gasteiger partial charge in [-0.3, -0.25) is 5.41 Å². The van der Waals surface area contributed by atoms with Crippen LogP contribution in [0, 0.1) is 5.41 Å². The molecule has 0 amide bonds. The predicted molar refractivity (Wildman–Crippen MR) is 68.3 cm³/mol. The highest BCUT2D eigenvalue weighted by molar-refractivity contribution is 5.87. The first-order valence-corrected chi connectivity index (χ1v) is 5.87. The number of rotatable bonds is 3. The van der Waals surface area contributed by atoms with Crippen LogP contribution in [0.3, 0.4) is 0 Å². The zero-order valence-electron chi connectivity index (χ0n) is 10.7. The lowest BCUT2D eigenvalue weighted by molar-refractivity contribution is 0.0508. The van der Waals surface area contributed by atoms with Crippen LogP contribution in [-0.4, -0.2) is 32.6 Å². The number of nitrogens with zero attached hydrogens (tertiary/aromatic N) is 2. The summed E-state index contributed by atoms with van der Waals surface area (Å²) in [6.45, 7) is 1.78. The average Bonchev–Trinajstić information content (AvgIpc) is 2.43. The molecule has 7 heteroatoms. The molecule has 0 aliphatic heterocycles. The Balaban J connectivity index is 2.53. The van der Waals surface area contributed by atoms with Crippen molar-refractivity contribution in [2.24, 2.45) is 0 Å². The topological polar surface area (TPSA) is 108 Å². The lowest BCUT2D eigenvalue weighted by Gasteiger charge is -2.07. The molecule has 0 spiro atoms. The van der Waals surface area contributed by atoms with E-state index >= 15 is 0 Å². The molecule has 0 fully saturated rings. The third-order valence-corrected chi connectivity index (χ3v) is 2.56. The van der Waals surface area contributed by atoms with Gasteiger partial charge in [-0.05, 0) is 31.2 Å².